The Morgan fingerprint density at radius 1 is 0.808 bits per heavy atom. The van der Waals surface area contributed by atoms with Gasteiger partial charge < -0.3 is 15.3 Å². The van der Waals surface area contributed by atoms with E-state index in [1.54, 1.807) is 6.07 Å². The van der Waals surface area contributed by atoms with Gasteiger partial charge in [-0.05, 0) is 11.5 Å². The summed E-state index contributed by atoms with van der Waals surface area (Å²) < 4.78 is 0. The van der Waals surface area contributed by atoms with E-state index in [-0.39, 0.29) is 27.1 Å². The summed E-state index contributed by atoms with van der Waals surface area (Å²) in [5.41, 5.74) is 4.39. The smallest absolute Gasteiger partial charge is 0.123 e. The first-order valence-electron chi connectivity index (χ1n) is 8.19. The second kappa shape index (κ2) is 12.9. The van der Waals surface area contributed by atoms with E-state index in [0.29, 0.717) is 5.75 Å². The number of hydrogen-bond donors (Lipinski definition) is 3. The van der Waals surface area contributed by atoms with Crippen LogP contribution < -0.4 is 0 Å². The van der Waals surface area contributed by atoms with Gasteiger partial charge >= 0.3 is 0 Å². The van der Waals surface area contributed by atoms with Gasteiger partial charge in [0.25, 0.3) is 0 Å². The van der Waals surface area contributed by atoms with Gasteiger partial charge in [-0.3, -0.25) is 6.08 Å². The summed E-state index contributed by atoms with van der Waals surface area (Å²) in [6.45, 7) is 10.9. The molecule has 0 fully saturated rings. The Morgan fingerprint density at radius 2 is 1.31 bits per heavy atom. The zero-order valence-corrected chi connectivity index (χ0v) is 18.4. The molecule has 0 bridgehead atoms. The monoisotopic (exact) mass is 391 g/mol. The maximum atomic E-state index is 9.37. The van der Waals surface area contributed by atoms with E-state index in [9.17, 15) is 5.11 Å². The van der Waals surface area contributed by atoms with Crippen LogP contribution in [-0.2, 0) is 21.7 Å². The van der Waals surface area contributed by atoms with Crippen LogP contribution in [-0.4, -0.2) is 29.5 Å². The Balaban J connectivity index is 0. The van der Waals surface area contributed by atoms with Gasteiger partial charge in [0, 0.05) is 41.3 Å². The number of aliphatic hydroxyl groups excluding tert-OH is 2. The van der Waals surface area contributed by atoms with Crippen molar-refractivity contribution in [1.29, 1.82) is 0 Å². The number of rotatable bonds is 0. The van der Waals surface area contributed by atoms with E-state index in [4.69, 9.17) is 10.2 Å². The molecule has 0 spiro atoms. The summed E-state index contributed by atoms with van der Waals surface area (Å²) in [5.74, 6) is 0.350. The van der Waals surface area contributed by atoms with Gasteiger partial charge in [0.1, 0.15) is 5.75 Å². The second-order valence-electron chi connectivity index (χ2n) is 6.12. The predicted octanol–water partition coefficient (Wildman–Crippen LogP) is 4.87. The van der Waals surface area contributed by atoms with E-state index >= 15 is 0 Å². The largest absolute Gasteiger partial charge is 0.507 e. The van der Waals surface area contributed by atoms with Crippen molar-refractivity contribution in [1.82, 2.24) is 0 Å². The first-order chi connectivity index (χ1) is 11.8. The Hall–Kier alpha value is -1.39. The number of phenols is 1. The van der Waals surface area contributed by atoms with Crippen LogP contribution in [0, 0.1) is 11.5 Å². The Labute approximate surface area is 173 Å². The molecule has 0 heterocycles. The maximum absolute atomic E-state index is 9.37. The van der Waals surface area contributed by atoms with Gasteiger partial charge in [-0.1, -0.05) is 69.5 Å². The molecule has 3 N–H and O–H groups in total. The predicted molar refractivity (Wildman–Crippen MR) is 106 cm³/mol. The number of hydrogen-bond acceptors (Lipinski definition) is 3. The molecule has 4 heteroatoms. The fourth-order valence-electron chi connectivity index (χ4n) is 2.61. The number of fused-ring (bicyclic) bond motifs is 1. The van der Waals surface area contributed by atoms with Gasteiger partial charge in [0.05, 0.1) is 0 Å². The summed E-state index contributed by atoms with van der Waals surface area (Å²) >= 11 is 0. The molecule has 1 aliphatic rings. The molecule has 2 aromatic rings. The topological polar surface area (TPSA) is 60.7 Å². The van der Waals surface area contributed by atoms with Crippen molar-refractivity contribution in [3.05, 3.63) is 65.3 Å². The number of aliphatic hydroxyl groups is 2. The quantitative estimate of drug-likeness (QED) is 0.444. The first-order valence-corrected chi connectivity index (χ1v) is 8.19. The number of aromatic hydroxyl groups is 1. The minimum atomic E-state index is 0. The molecule has 0 aliphatic heterocycles. The van der Waals surface area contributed by atoms with Crippen LogP contribution in [0.4, 0.5) is 0 Å². The molecule has 0 saturated carbocycles. The van der Waals surface area contributed by atoms with Crippen LogP contribution in [0.15, 0.2) is 59.2 Å². The van der Waals surface area contributed by atoms with Crippen molar-refractivity contribution in [2.24, 2.45) is 5.41 Å². The molecule has 0 saturated heterocycles. The van der Waals surface area contributed by atoms with Crippen LogP contribution in [0.3, 0.4) is 0 Å². The van der Waals surface area contributed by atoms with Gasteiger partial charge in [0.2, 0.25) is 0 Å². The molecule has 2 aromatic carbocycles. The van der Waals surface area contributed by atoms with Crippen molar-refractivity contribution >= 4 is 10.8 Å². The molecule has 0 radical (unpaired) electrons. The van der Waals surface area contributed by atoms with E-state index in [0.717, 1.165) is 25.0 Å². The van der Waals surface area contributed by atoms with E-state index in [1.807, 2.05) is 36.4 Å². The van der Waals surface area contributed by atoms with Crippen LogP contribution >= 0.6 is 0 Å². The van der Waals surface area contributed by atoms with Crippen molar-refractivity contribution in [3.8, 4) is 5.75 Å². The Bertz CT molecular complexity index is 726. The van der Waals surface area contributed by atoms with Crippen LogP contribution in [0.2, 0.25) is 0 Å². The molecular weight excluding hydrogens is 360 g/mol. The Morgan fingerprint density at radius 3 is 1.69 bits per heavy atom. The van der Waals surface area contributed by atoms with Crippen molar-refractivity contribution in [2.75, 3.05) is 14.2 Å². The van der Waals surface area contributed by atoms with Gasteiger partial charge in [0.15, 0.2) is 0 Å². The van der Waals surface area contributed by atoms with Crippen molar-refractivity contribution in [3.63, 3.8) is 0 Å². The van der Waals surface area contributed by atoms with Crippen LogP contribution in [0.5, 0.6) is 5.75 Å². The molecule has 1 aliphatic carbocycles. The molecule has 26 heavy (non-hydrogen) atoms. The fraction of sp³-hybridized carbons (Fsp3) is 0.364. The van der Waals surface area contributed by atoms with E-state index in [1.165, 1.54) is 16.7 Å². The van der Waals surface area contributed by atoms with Gasteiger partial charge in [-0.25, -0.2) is 5.57 Å². The summed E-state index contributed by atoms with van der Waals surface area (Å²) in [4.78, 5) is 0. The van der Waals surface area contributed by atoms with E-state index < -0.39 is 0 Å². The zero-order valence-electron chi connectivity index (χ0n) is 16.9. The third kappa shape index (κ3) is 7.09. The first kappa shape index (κ1) is 26.8. The normalized spacial score (nSPS) is 13.8. The average molecular weight is 391 g/mol. The number of allylic oxidation sites excluding steroid dienone is 4. The summed E-state index contributed by atoms with van der Waals surface area (Å²) in [6.07, 6.45) is 3.44. The number of benzene rings is 2. The summed E-state index contributed by atoms with van der Waals surface area (Å²) in [5, 5.41) is 25.4. The minimum Gasteiger partial charge on any atom is -0.507 e. The van der Waals surface area contributed by atoms with Gasteiger partial charge in [-0.15, -0.1) is 6.92 Å². The average Bonchev–Trinajstić information content (AvgIpc) is 2.81. The molecule has 142 valence electrons. The van der Waals surface area contributed by atoms with Crippen molar-refractivity contribution in [2.45, 2.75) is 34.6 Å². The third-order valence-electron chi connectivity index (χ3n) is 4.33. The molecule has 0 unspecified atom stereocenters. The molecule has 3 nitrogen and oxygen atoms in total. The molecular formula is C22H31O3Ti-. The third-order valence-corrected chi connectivity index (χ3v) is 4.33. The van der Waals surface area contributed by atoms with Crippen molar-refractivity contribution < 1.29 is 37.0 Å². The molecule has 0 aromatic heterocycles. The minimum absolute atomic E-state index is 0. The van der Waals surface area contributed by atoms with E-state index in [2.05, 4.69) is 40.7 Å². The summed E-state index contributed by atoms with van der Waals surface area (Å²) in [7, 11) is 2.00. The molecule has 0 amide bonds. The molecule has 3 rings (SSSR count). The standard InChI is InChI=1S/C10H8O.C10H15.2CH4O.Ti/c11-10-7-3-5-8-4-1-2-6-9(8)10;1-7-6-10(4,5)9(3)8(7)2;2*1-2;/h1-7,11H;1-5H3;2*2H,1H3;/q;-1;;;. The number of phenolic OH excluding ortho intramolecular Hbond substituents is 1. The fourth-order valence-corrected chi connectivity index (χ4v) is 2.61. The molecule has 0 atom stereocenters. The van der Waals surface area contributed by atoms with Crippen LogP contribution in [0.1, 0.15) is 34.6 Å². The zero-order chi connectivity index (χ0) is 19.6. The second-order valence-corrected chi connectivity index (χ2v) is 6.12. The van der Waals surface area contributed by atoms with Gasteiger partial charge in [-0.2, -0.15) is 11.1 Å². The maximum Gasteiger partial charge on any atom is 0.123 e. The SMILES string of the molecule is CC1=[C-]C(C)(C)C(C)=C1C.CO.CO.Oc1cccc2ccccc12.[Ti]. The van der Waals surface area contributed by atoms with Crippen LogP contribution in [0.25, 0.3) is 10.8 Å². The Kier molecular flexibility index (Phi) is 13.3. The summed E-state index contributed by atoms with van der Waals surface area (Å²) in [6, 6.07) is 13.3.